The largest absolute Gasteiger partial charge is 0.497 e. The van der Waals surface area contributed by atoms with Gasteiger partial charge in [0, 0.05) is 11.6 Å². The summed E-state index contributed by atoms with van der Waals surface area (Å²) in [6, 6.07) is 18.4. The molecule has 7 heteroatoms. The van der Waals surface area contributed by atoms with E-state index >= 15 is 0 Å². The van der Waals surface area contributed by atoms with Gasteiger partial charge in [-0.15, -0.1) is 0 Å². The summed E-state index contributed by atoms with van der Waals surface area (Å²) in [7, 11) is 1.72. The van der Waals surface area contributed by atoms with Gasteiger partial charge in [-0.1, -0.05) is 6.07 Å². The molecule has 0 spiro atoms. The molecule has 0 amide bonds. The summed E-state index contributed by atoms with van der Waals surface area (Å²) in [5, 5.41) is 0. The van der Waals surface area contributed by atoms with Crippen molar-refractivity contribution in [1.82, 2.24) is 0 Å². The van der Waals surface area contributed by atoms with E-state index in [1.54, 1.807) is 33.3 Å². The van der Waals surface area contributed by atoms with Gasteiger partial charge in [0.2, 0.25) is 0 Å². The minimum atomic E-state index is -1.46. The molecule has 1 unspecified atom stereocenters. The van der Waals surface area contributed by atoms with Crippen LogP contribution in [0.15, 0.2) is 71.6 Å². The molecule has 0 saturated heterocycles. The Morgan fingerprint density at radius 3 is 2.26 bits per heavy atom. The van der Waals surface area contributed by atoms with Crippen LogP contribution in [0.1, 0.15) is 29.2 Å². The van der Waals surface area contributed by atoms with Crippen molar-refractivity contribution in [2.24, 2.45) is 0 Å². The minimum absolute atomic E-state index is 0.329. The van der Waals surface area contributed by atoms with Crippen molar-refractivity contribution in [1.29, 1.82) is 0 Å². The molecule has 1 aliphatic rings. The van der Waals surface area contributed by atoms with Crippen LogP contribution in [0.5, 0.6) is 17.2 Å². The highest BCUT2D eigenvalue weighted by Gasteiger charge is 2.32. The topological polar surface area (TPSA) is 71.1 Å². The molecule has 4 rings (SSSR count). The first-order valence-corrected chi connectivity index (χ1v) is 12.2. The van der Waals surface area contributed by atoms with Crippen LogP contribution in [-0.4, -0.2) is 31.0 Å². The first-order valence-electron chi connectivity index (χ1n) is 11.1. The molecule has 0 bridgehead atoms. The summed E-state index contributed by atoms with van der Waals surface area (Å²) in [4.78, 5) is 12.9. The van der Waals surface area contributed by atoms with Crippen LogP contribution < -0.4 is 14.2 Å². The van der Waals surface area contributed by atoms with Crippen molar-refractivity contribution in [3.05, 3.63) is 89.0 Å². The van der Waals surface area contributed by atoms with E-state index in [-0.39, 0.29) is 5.97 Å². The van der Waals surface area contributed by atoms with Crippen LogP contribution in [-0.2, 0) is 20.3 Å². The smallest absolute Gasteiger partial charge is 0.330 e. The minimum Gasteiger partial charge on any atom is -0.497 e. The van der Waals surface area contributed by atoms with Gasteiger partial charge in [-0.2, -0.15) is 0 Å². The number of fused-ring (bicyclic) bond motifs is 1. The summed E-state index contributed by atoms with van der Waals surface area (Å²) in [6.45, 7) is 4.03. The van der Waals surface area contributed by atoms with Gasteiger partial charge in [-0.25, -0.2) is 9.00 Å². The second-order valence-electron chi connectivity index (χ2n) is 7.72. The first kappa shape index (κ1) is 24.3. The molecular formula is C28H26O6S. The van der Waals surface area contributed by atoms with Gasteiger partial charge in [-0.05, 0) is 91.2 Å². The molecule has 0 aliphatic carbocycles. The van der Waals surface area contributed by atoms with E-state index in [0.717, 1.165) is 22.3 Å². The maximum Gasteiger partial charge on any atom is 0.330 e. The highest BCUT2D eigenvalue weighted by Crippen LogP contribution is 2.44. The molecule has 6 nitrogen and oxygen atoms in total. The molecule has 1 heterocycles. The molecule has 0 fully saturated rings. The van der Waals surface area contributed by atoms with E-state index in [4.69, 9.17) is 18.9 Å². The third-order valence-electron chi connectivity index (χ3n) is 5.52. The Kier molecular flexibility index (Phi) is 7.36. The Bertz CT molecular complexity index is 1340. The summed E-state index contributed by atoms with van der Waals surface area (Å²) in [5.41, 5.74) is 3.32. The van der Waals surface area contributed by atoms with Crippen LogP contribution in [0.2, 0.25) is 0 Å². The summed E-state index contributed by atoms with van der Waals surface area (Å²) >= 11 is 0. The molecule has 0 N–H and O–H groups in total. The molecule has 1 aliphatic heterocycles. The first-order chi connectivity index (χ1) is 16.9. The number of aryl methyl sites for hydroxylation is 1. The number of ether oxygens (including phenoxy) is 4. The molecule has 1 atom stereocenters. The Labute approximate surface area is 207 Å². The Morgan fingerprint density at radius 1 is 0.914 bits per heavy atom. The maximum absolute atomic E-state index is 13.6. The molecule has 3 aromatic rings. The number of carbonyl (C=O) groups is 1. The van der Waals surface area contributed by atoms with Crippen LogP contribution in [0, 0.1) is 6.92 Å². The predicted molar refractivity (Wildman–Crippen MR) is 137 cm³/mol. The van der Waals surface area contributed by atoms with Gasteiger partial charge in [0.05, 0.1) is 41.4 Å². The molecule has 180 valence electrons. The monoisotopic (exact) mass is 490 g/mol. The zero-order valence-electron chi connectivity index (χ0n) is 20.0. The number of rotatable bonds is 8. The molecule has 0 aromatic heterocycles. The lowest BCUT2D eigenvalue weighted by atomic mass is 10.1. The van der Waals surface area contributed by atoms with Crippen molar-refractivity contribution >= 4 is 33.5 Å². The number of hydrogen-bond donors (Lipinski definition) is 0. The number of carbonyl (C=O) groups excluding carboxylic acids is 1. The van der Waals surface area contributed by atoms with E-state index in [9.17, 15) is 9.00 Å². The predicted octanol–water partition coefficient (Wildman–Crippen LogP) is 5.61. The van der Waals surface area contributed by atoms with Gasteiger partial charge >= 0.3 is 5.97 Å². The molecule has 0 radical (unpaired) electrons. The van der Waals surface area contributed by atoms with Crippen LogP contribution in [0.3, 0.4) is 0 Å². The van der Waals surface area contributed by atoms with Crippen LogP contribution in [0.25, 0.3) is 16.7 Å². The van der Waals surface area contributed by atoms with E-state index in [1.165, 1.54) is 6.08 Å². The molecule has 35 heavy (non-hydrogen) atoms. The number of esters is 1. The Hall–Kier alpha value is -3.84. The average Bonchev–Trinajstić information content (AvgIpc) is 3.14. The van der Waals surface area contributed by atoms with Crippen molar-refractivity contribution in [2.45, 2.75) is 18.7 Å². The number of benzene rings is 3. The lowest BCUT2D eigenvalue weighted by Gasteiger charge is -2.12. The number of methoxy groups -OCH3 is 2. The summed E-state index contributed by atoms with van der Waals surface area (Å²) in [6.07, 6.45) is 3.12. The Balaban J connectivity index is 1.73. The van der Waals surface area contributed by atoms with Gasteiger partial charge < -0.3 is 18.9 Å². The third kappa shape index (κ3) is 5.15. The van der Waals surface area contributed by atoms with E-state index in [1.807, 2.05) is 61.5 Å². The van der Waals surface area contributed by atoms with E-state index in [0.29, 0.717) is 39.4 Å². The van der Waals surface area contributed by atoms with Gasteiger partial charge in [0.1, 0.15) is 17.2 Å². The SMILES string of the molecule is CCOC(=O)C=Cc1ccc(OC2=C(c3ccc(OC)cc3)S(=O)c3cc(OC)ccc32)cc1C. The van der Waals surface area contributed by atoms with Crippen molar-refractivity contribution in [2.75, 3.05) is 20.8 Å². The molecular weight excluding hydrogens is 464 g/mol. The normalized spacial score (nSPS) is 14.7. The molecule has 3 aromatic carbocycles. The second kappa shape index (κ2) is 10.6. The van der Waals surface area contributed by atoms with E-state index in [2.05, 4.69) is 0 Å². The van der Waals surface area contributed by atoms with Crippen molar-refractivity contribution in [3.63, 3.8) is 0 Å². The average molecular weight is 491 g/mol. The van der Waals surface area contributed by atoms with Crippen molar-refractivity contribution in [3.8, 4) is 17.2 Å². The van der Waals surface area contributed by atoms with Gasteiger partial charge in [-0.3, -0.25) is 0 Å². The van der Waals surface area contributed by atoms with Gasteiger partial charge in [0.25, 0.3) is 0 Å². The zero-order chi connectivity index (χ0) is 24.9. The van der Waals surface area contributed by atoms with Crippen LogP contribution >= 0.6 is 0 Å². The second-order valence-corrected chi connectivity index (χ2v) is 9.11. The Morgan fingerprint density at radius 2 is 1.60 bits per heavy atom. The fraction of sp³-hybridized carbons (Fsp3) is 0.179. The number of hydrogen-bond acceptors (Lipinski definition) is 6. The highest BCUT2D eigenvalue weighted by atomic mass is 32.2. The third-order valence-corrected chi connectivity index (χ3v) is 7.05. The fourth-order valence-electron chi connectivity index (χ4n) is 3.73. The van der Waals surface area contributed by atoms with E-state index < -0.39 is 10.8 Å². The van der Waals surface area contributed by atoms with Crippen molar-refractivity contribution < 1.29 is 28.0 Å². The highest BCUT2D eigenvalue weighted by molar-refractivity contribution is 7.95. The molecule has 0 saturated carbocycles. The summed E-state index contributed by atoms with van der Waals surface area (Å²) < 4.78 is 35.5. The quantitative estimate of drug-likeness (QED) is 0.302. The summed E-state index contributed by atoms with van der Waals surface area (Å²) in [5.74, 6) is 2.07. The lowest BCUT2D eigenvalue weighted by Crippen LogP contribution is -1.99. The zero-order valence-corrected chi connectivity index (χ0v) is 20.8. The fourth-order valence-corrected chi connectivity index (χ4v) is 5.21. The lowest BCUT2D eigenvalue weighted by molar-refractivity contribution is -0.137. The van der Waals surface area contributed by atoms with Gasteiger partial charge in [0.15, 0.2) is 5.76 Å². The maximum atomic E-state index is 13.6. The van der Waals surface area contributed by atoms with Crippen LogP contribution in [0.4, 0.5) is 0 Å². The standard InChI is InChI=1S/C28H26O6S/c1-5-33-26(29)15-9-19-6-12-23(16-18(19)2)34-27-24-14-13-22(32-4)17-25(24)35(30)28(27)20-7-10-21(31-3)11-8-20/h6-17H,5H2,1-4H3.